The highest BCUT2D eigenvalue weighted by Gasteiger charge is 2.17. The Bertz CT molecular complexity index is 326. The van der Waals surface area contributed by atoms with Crippen LogP contribution in [-0.2, 0) is 4.79 Å². The molecule has 0 saturated carbocycles. The summed E-state index contributed by atoms with van der Waals surface area (Å²) in [7, 11) is 1.89. The zero-order chi connectivity index (χ0) is 12.7. The number of amides is 1. The molecule has 0 aliphatic carbocycles. The molecule has 0 aromatic rings. The molecule has 0 unspecified atom stereocenters. The van der Waals surface area contributed by atoms with Gasteiger partial charge in [-0.3, -0.25) is 4.79 Å². The van der Waals surface area contributed by atoms with Gasteiger partial charge in [0.25, 0.3) is 0 Å². The molecule has 0 aromatic heterocycles. The molecule has 0 bridgehead atoms. The summed E-state index contributed by atoms with van der Waals surface area (Å²) in [4.78, 5) is 14.7. The first-order chi connectivity index (χ1) is 8.26. The zero-order valence-electron chi connectivity index (χ0n) is 10.6. The normalized spacial score (nSPS) is 18.0. The summed E-state index contributed by atoms with van der Waals surface area (Å²) in [6.07, 6.45) is 6.83. The van der Waals surface area contributed by atoms with Crippen molar-refractivity contribution in [2.75, 3.05) is 33.2 Å². The Labute approximate surface area is 103 Å². The monoisotopic (exact) mass is 235 g/mol. The first-order valence-electron chi connectivity index (χ1n) is 5.88. The number of carbonyl (C=O) groups excluding carboxylic acids is 1. The van der Waals surface area contributed by atoms with Crippen LogP contribution in [-0.4, -0.2) is 49.4 Å². The van der Waals surface area contributed by atoms with Crippen molar-refractivity contribution in [1.82, 2.24) is 15.1 Å². The Morgan fingerprint density at radius 3 is 2.35 bits per heavy atom. The number of hydrogen-bond donors (Lipinski definition) is 1. The van der Waals surface area contributed by atoms with E-state index < -0.39 is 0 Å². The Morgan fingerprint density at radius 1 is 1.29 bits per heavy atom. The smallest absolute Gasteiger partial charge is 0.209 e. The second kappa shape index (κ2) is 6.78. The summed E-state index contributed by atoms with van der Waals surface area (Å²) in [6.45, 7) is 9.08. The molecule has 1 amide bonds. The van der Waals surface area contributed by atoms with Crippen molar-refractivity contribution < 1.29 is 4.79 Å². The van der Waals surface area contributed by atoms with Crippen LogP contribution in [0.2, 0.25) is 0 Å². The Hall–Kier alpha value is -1.71. The van der Waals surface area contributed by atoms with E-state index >= 15 is 0 Å². The molecule has 1 saturated heterocycles. The highest BCUT2D eigenvalue weighted by Crippen LogP contribution is 2.14. The van der Waals surface area contributed by atoms with Gasteiger partial charge in [-0.1, -0.05) is 12.7 Å². The van der Waals surface area contributed by atoms with Crippen molar-refractivity contribution in [3.8, 4) is 0 Å². The number of likely N-dealkylation sites (N-methyl/N-ethyl adjacent to an activating group) is 1. The van der Waals surface area contributed by atoms with Gasteiger partial charge in [-0.25, -0.2) is 0 Å². The molecule has 0 spiro atoms. The molecule has 4 nitrogen and oxygen atoms in total. The molecule has 0 radical (unpaired) electrons. The van der Waals surface area contributed by atoms with Crippen LogP contribution in [0.25, 0.3) is 0 Å². The number of hydrogen-bond acceptors (Lipinski definition) is 3. The first kappa shape index (κ1) is 13.4. The zero-order valence-corrected chi connectivity index (χ0v) is 10.6. The fraction of sp³-hybridized carbons (Fsp3) is 0.462. The second-order valence-electron chi connectivity index (χ2n) is 3.88. The van der Waals surface area contributed by atoms with Gasteiger partial charge in [0.15, 0.2) is 0 Å². The van der Waals surface area contributed by atoms with E-state index in [4.69, 9.17) is 0 Å². The minimum absolute atomic E-state index is 0.776. The van der Waals surface area contributed by atoms with E-state index in [1.807, 2.05) is 26.1 Å². The number of carbonyl (C=O) groups is 1. The molecule has 4 heteroatoms. The Balaban J connectivity index is 2.83. The van der Waals surface area contributed by atoms with Gasteiger partial charge in [-0.2, -0.15) is 0 Å². The summed E-state index contributed by atoms with van der Waals surface area (Å²) in [6, 6.07) is 0. The van der Waals surface area contributed by atoms with Crippen LogP contribution in [0.5, 0.6) is 0 Å². The minimum Gasteiger partial charge on any atom is -0.386 e. The van der Waals surface area contributed by atoms with Crippen molar-refractivity contribution in [3.63, 3.8) is 0 Å². The van der Waals surface area contributed by atoms with Crippen molar-refractivity contribution in [3.05, 3.63) is 36.2 Å². The van der Waals surface area contributed by atoms with E-state index in [9.17, 15) is 4.79 Å². The highest BCUT2D eigenvalue weighted by molar-refractivity contribution is 5.47. The molecule has 94 valence electrons. The second-order valence-corrected chi connectivity index (χ2v) is 3.88. The number of nitrogens with zero attached hydrogens (tertiary/aromatic N) is 2. The third-order valence-electron chi connectivity index (χ3n) is 2.88. The largest absolute Gasteiger partial charge is 0.386 e. The Morgan fingerprint density at radius 2 is 1.94 bits per heavy atom. The standard InChI is InChI=1S/C13H21N3O/c1-4-6-13(12(5-2)14-3)16-9-7-15(11-17)8-10-16/h4-6,11,14H,2,7-10H2,1,3H3/b6-4-,13-12-. The van der Waals surface area contributed by atoms with Crippen LogP contribution >= 0.6 is 0 Å². The van der Waals surface area contributed by atoms with Gasteiger partial charge >= 0.3 is 0 Å². The molecule has 0 atom stereocenters. The van der Waals surface area contributed by atoms with Crippen molar-refractivity contribution >= 4 is 6.41 Å². The third kappa shape index (κ3) is 3.37. The van der Waals surface area contributed by atoms with Gasteiger partial charge in [-0.05, 0) is 19.1 Å². The fourth-order valence-electron chi connectivity index (χ4n) is 1.93. The van der Waals surface area contributed by atoms with E-state index in [2.05, 4.69) is 22.9 Å². The van der Waals surface area contributed by atoms with Crippen LogP contribution in [0.4, 0.5) is 0 Å². The quantitative estimate of drug-likeness (QED) is 0.569. The fourth-order valence-corrected chi connectivity index (χ4v) is 1.93. The number of rotatable bonds is 5. The van der Waals surface area contributed by atoms with Gasteiger partial charge < -0.3 is 15.1 Å². The van der Waals surface area contributed by atoms with Gasteiger partial charge in [0.1, 0.15) is 0 Å². The molecular weight excluding hydrogens is 214 g/mol. The van der Waals surface area contributed by atoms with E-state index in [-0.39, 0.29) is 0 Å². The molecule has 17 heavy (non-hydrogen) atoms. The van der Waals surface area contributed by atoms with Gasteiger partial charge in [-0.15, -0.1) is 0 Å². The van der Waals surface area contributed by atoms with Crippen molar-refractivity contribution in [1.29, 1.82) is 0 Å². The van der Waals surface area contributed by atoms with E-state index in [1.165, 1.54) is 0 Å². The molecule has 0 aromatic carbocycles. The van der Waals surface area contributed by atoms with Crippen LogP contribution in [0, 0.1) is 0 Å². The maximum atomic E-state index is 10.7. The summed E-state index contributed by atoms with van der Waals surface area (Å²) in [5.41, 5.74) is 2.15. The third-order valence-corrected chi connectivity index (χ3v) is 2.88. The van der Waals surface area contributed by atoms with Gasteiger partial charge in [0.2, 0.25) is 6.41 Å². The molecule has 1 aliphatic rings. The summed E-state index contributed by atoms with van der Waals surface area (Å²) in [5, 5.41) is 3.14. The van der Waals surface area contributed by atoms with Crippen LogP contribution in [0.15, 0.2) is 36.2 Å². The summed E-state index contributed by atoms with van der Waals surface area (Å²) in [5.74, 6) is 0. The maximum absolute atomic E-state index is 10.7. The molecule has 1 rings (SSSR count). The molecule has 1 N–H and O–H groups in total. The highest BCUT2D eigenvalue weighted by atomic mass is 16.1. The maximum Gasteiger partial charge on any atom is 0.209 e. The molecule has 1 aliphatic heterocycles. The van der Waals surface area contributed by atoms with E-state index in [0.29, 0.717) is 0 Å². The summed E-state index contributed by atoms with van der Waals surface area (Å²) < 4.78 is 0. The average Bonchev–Trinajstić information content (AvgIpc) is 2.39. The van der Waals surface area contributed by atoms with Crippen LogP contribution in [0.3, 0.4) is 0 Å². The van der Waals surface area contributed by atoms with Crippen molar-refractivity contribution in [2.45, 2.75) is 6.92 Å². The predicted molar refractivity (Wildman–Crippen MR) is 70.3 cm³/mol. The van der Waals surface area contributed by atoms with E-state index in [0.717, 1.165) is 44.0 Å². The summed E-state index contributed by atoms with van der Waals surface area (Å²) >= 11 is 0. The van der Waals surface area contributed by atoms with Crippen molar-refractivity contribution in [2.24, 2.45) is 0 Å². The molecule has 1 fully saturated rings. The molecular formula is C13H21N3O. The first-order valence-corrected chi connectivity index (χ1v) is 5.88. The van der Waals surface area contributed by atoms with Crippen LogP contribution < -0.4 is 5.32 Å². The molecule has 1 heterocycles. The number of allylic oxidation sites excluding steroid dienone is 3. The van der Waals surface area contributed by atoms with Gasteiger partial charge in [0.05, 0.1) is 11.4 Å². The Kier molecular flexibility index (Phi) is 5.33. The lowest BCUT2D eigenvalue weighted by Crippen LogP contribution is -2.45. The van der Waals surface area contributed by atoms with Gasteiger partial charge in [0, 0.05) is 33.2 Å². The minimum atomic E-state index is 0.776. The van der Waals surface area contributed by atoms with Crippen LogP contribution in [0.1, 0.15) is 6.92 Å². The van der Waals surface area contributed by atoms with E-state index in [1.54, 1.807) is 4.90 Å². The topological polar surface area (TPSA) is 35.6 Å². The lowest BCUT2D eigenvalue weighted by molar-refractivity contribution is -0.119. The lowest BCUT2D eigenvalue weighted by atomic mass is 10.2. The number of piperazine rings is 1. The average molecular weight is 235 g/mol. The SMILES string of the molecule is C=C/C(NC)=C(\C=C/C)N1CCN(C=O)CC1. The number of nitrogens with one attached hydrogen (secondary N) is 1. The lowest BCUT2D eigenvalue weighted by Gasteiger charge is -2.35. The predicted octanol–water partition coefficient (Wildman–Crippen LogP) is 0.953.